The van der Waals surface area contributed by atoms with E-state index in [2.05, 4.69) is 22.1 Å². The van der Waals surface area contributed by atoms with Crippen LogP contribution in [0.5, 0.6) is 0 Å². The van der Waals surface area contributed by atoms with Gasteiger partial charge in [0.25, 0.3) is 0 Å². The minimum atomic E-state index is -0.335. The number of hydrogen-bond acceptors (Lipinski definition) is 5. The summed E-state index contributed by atoms with van der Waals surface area (Å²) in [4.78, 5) is 12.2. The number of carbonyl (C=O) groups excluding carboxylic acids is 1. The maximum absolute atomic E-state index is 13.3. The van der Waals surface area contributed by atoms with Gasteiger partial charge in [0.05, 0.1) is 17.9 Å². The van der Waals surface area contributed by atoms with E-state index in [9.17, 15) is 9.18 Å². The summed E-state index contributed by atoms with van der Waals surface area (Å²) in [6.45, 7) is 7.20. The molecule has 0 spiro atoms. The second-order valence-corrected chi connectivity index (χ2v) is 7.66. The van der Waals surface area contributed by atoms with Crippen molar-refractivity contribution in [2.24, 2.45) is 0 Å². The molecule has 27 heavy (non-hydrogen) atoms. The number of amides is 1. The average molecular weight is 390 g/mol. The second-order valence-electron chi connectivity index (χ2n) is 6.35. The summed E-state index contributed by atoms with van der Waals surface area (Å²) < 4.78 is 21.0. The molecule has 1 aromatic carbocycles. The van der Waals surface area contributed by atoms with Gasteiger partial charge >= 0.3 is 0 Å². The molecule has 0 aliphatic carbocycles. The van der Waals surface area contributed by atoms with Crippen LogP contribution < -0.4 is 5.32 Å². The zero-order valence-corrected chi connectivity index (χ0v) is 16.0. The summed E-state index contributed by atoms with van der Waals surface area (Å²) >= 11 is 1.34. The maximum atomic E-state index is 13.3. The number of halogens is 1. The number of hydrogen-bond donors (Lipinski definition) is 1. The first kappa shape index (κ1) is 19.6. The number of benzene rings is 1. The van der Waals surface area contributed by atoms with E-state index in [-0.39, 0.29) is 23.1 Å². The van der Waals surface area contributed by atoms with Gasteiger partial charge in [-0.2, -0.15) is 0 Å². The Kier molecular flexibility index (Phi) is 6.63. The monoisotopic (exact) mass is 390 g/mol. The number of ether oxygens (including phenoxy) is 1. The third kappa shape index (κ3) is 4.95. The van der Waals surface area contributed by atoms with Crippen molar-refractivity contribution >= 4 is 17.7 Å². The Hall–Kier alpha value is -2.19. The van der Waals surface area contributed by atoms with Gasteiger partial charge in [0.15, 0.2) is 11.0 Å². The Bertz CT molecular complexity index is 788. The normalized spacial score (nSPS) is 17.6. The largest absolute Gasteiger partial charge is 0.376 e. The molecule has 1 amide bonds. The lowest BCUT2D eigenvalue weighted by molar-refractivity contribution is -0.120. The van der Waals surface area contributed by atoms with Gasteiger partial charge in [0.2, 0.25) is 5.91 Å². The molecular weight excluding hydrogens is 367 g/mol. The van der Waals surface area contributed by atoms with Crippen LogP contribution in [-0.4, -0.2) is 45.2 Å². The molecule has 2 heterocycles. The molecule has 1 saturated heterocycles. The highest BCUT2D eigenvalue weighted by Gasteiger charge is 2.24. The summed E-state index contributed by atoms with van der Waals surface area (Å²) in [6.07, 6.45) is 3.73. The molecule has 144 valence electrons. The van der Waals surface area contributed by atoms with E-state index in [0.29, 0.717) is 24.1 Å². The van der Waals surface area contributed by atoms with Crippen LogP contribution >= 0.6 is 11.8 Å². The molecule has 0 bridgehead atoms. The Morgan fingerprint density at radius 3 is 2.93 bits per heavy atom. The van der Waals surface area contributed by atoms with Crippen LogP contribution in [0.2, 0.25) is 0 Å². The number of nitrogens with zero attached hydrogens (tertiary/aromatic N) is 3. The van der Waals surface area contributed by atoms with Gasteiger partial charge in [0.1, 0.15) is 5.82 Å². The first-order valence-corrected chi connectivity index (χ1v) is 9.82. The molecule has 1 N–H and O–H groups in total. The minimum Gasteiger partial charge on any atom is -0.376 e. The molecule has 8 heteroatoms. The number of rotatable bonds is 8. The summed E-state index contributed by atoms with van der Waals surface area (Å²) in [5.41, 5.74) is 0.775. The van der Waals surface area contributed by atoms with Crippen molar-refractivity contribution in [1.29, 1.82) is 0 Å². The van der Waals surface area contributed by atoms with Crippen LogP contribution in [0.15, 0.2) is 42.1 Å². The standard InChI is InChI=1S/C19H23FN4O2S/c1-3-10-21-18(25)13(2)27-19-23-22-17(14-6-8-15(20)9-7-14)24(19)12-16-5-4-11-26-16/h3,6-9,13,16H,1,4-5,10-12H2,2H3,(H,21,25)/t13-,16-/m1/s1. The molecule has 6 nitrogen and oxygen atoms in total. The van der Waals surface area contributed by atoms with Crippen molar-refractivity contribution in [2.75, 3.05) is 13.2 Å². The molecule has 2 aromatic rings. The number of thioether (sulfide) groups is 1. The van der Waals surface area contributed by atoms with E-state index in [1.54, 1.807) is 18.2 Å². The van der Waals surface area contributed by atoms with E-state index >= 15 is 0 Å². The summed E-state index contributed by atoms with van der Waals surface area (Å²) in [5.74, 6) is 0.257. The maximum Gasteiger partial charge on any atom is 0.233 e. The summed E-state index contributed by atoms with van der Waals surface area (Å²) in [5, 5.41) is 11.7. The van der Waals surface area contributed by atoms with E-state index in [1.807, 2.05) is 11.5 Å². The summed E-state index contributed by atoms with van der Waals surface area (Å²) in [6, 6.07) is 6.16. The lowest BCUT2D eigenvalue weighted by Crippen LogP contribution is -2.31. The number of carbonyl (C=O) groups is 1. The van der Waals surface area contributed by atoms with E-state index in [0.717, 1.165) is 25.0 Å². The van der Waals surface area contributed by atoms with Crippen molar-refractivity contribution < 1.29 is 13.9 Å². The van der Waals surface area contributed by atoms with Crippen LogP contribution in [0, 0.1) is 5.82 Å². The molecule has 1 fully saturated rings. The molecule has 1 aliphatic rings. The number of nitrogens with one attached hydrogen (secondary N) is 1. The Morgan fingerprint density at radius 1 is 1.48 bits per heavy atom. The van der Waals surface area contributed by atoms with E-state index < -0.39 is 0 Å². The quantitative estimate of drug-likeness (QED) is 0.554. The van der Waals surface area contributed by atoms with E-state index in [1.165, 1.54) is 23.9 Å². The SMILES string of the molecule is C=CCNC(=O)[C@@H](C)Sc1nnc(-c2ccc(F)cc2)n1C[C@H]1CCCO1. The van der Waals surface area contributed by atoms with E-state index in [4.69, 9.17) is 4.74 Å². The highest BCUT2D eigenvalue weighted by Crippen LogP contribution is 2.29. The van der Waals surface area contributed by atoms with Gasteiger partial charge in [-0.05, 0) is 44.0 Å². The molecule has 3 rings (SSSR count). The van der Waals surface area contributed by atoms with Crippen LogP contribution in [0.3, 0.4) is 0 Å². The van der Waals surface area contributed by atoms with Gasteiger partial charge in [-0.1, -0.05) is 17.8 Å². The zero-order chi connectivity index (χ0) is 19.2. The molecule has 0 radical (unpaired) electrons. The van der Waals surface area contributed by atoms with Gasteiger partial charge < -0.3 is 10.1 Å². The predicted octanol–water partition coefficient (Wildman–Crippen LogP) is 3.05. The molecule has 0 unspecified atom stereocenters. The number of aromatic nitrogens is 3. The lowest BCUT2D eigenvalue weighted by Gasteiger charge is -2.16. The van der Waals surface area contributed by atoms with Crippen LogP contribution in [0.4, 0.5) is 4.39 Å². The molecule has 0 saturated carbocycles. The van der Waals surface area contributed by atoms with Gasteiger partial charge in [-0.3, -0.25) is 9.36 Å². The third-order valence-corrected chi connectivity index (χ3v) is 5.38. The highest BCUT2D eigenvalue weighted by molar-refractivity contribution is 8.00. The Morgan fingerprint density at radius 2 is 2.26 bits per heavy atom. The second kappa shape index (κ2) is 9.14. The first-order valence-electron chi connectivity index (χ1n) is 8.94. The van der Waals surface area contributed by atoms with Gasteiger partial charge in [0, 0.05) is 18.7 Å². The Labute approximate surface area is 162 Å². The Balaban J connectivity index is 1.84. The van der Waals surface area contributed by atoms with Crippen molar-refractivity contribution in [2.45, 2.75) is 42.8 Å². The third-order valence-electron chi connectivity index (χ3n) is 4.30. The van der Waals surface area contributed by atoms with Crippen LogP contribution in [0.25, 0.3) is 11.4 Å². The minimum absolute atomic E-state index is 0.0875. The molecule has 1 aromatic heterocycles. The lowest BCUT2D eigenvalue weighted by atomic mass is 10.2. The van der Waals surface area contributed by atoms with Crippen LogP contribution in [0.1, 0.15) is 19.8 Å². The fourth-order valence-corrected chi connectivity index (χ4v) is 3.76. The first-order chi connectivity index (χ1) is 13.1. The van der Waals surface area contributed by atoms with Gasteiger partial charge in [-0.25, -0.2) is 4.39 Å². The fraction of sp³-hybridized carbons (Fsp3) is 0.421. The fourth-order valence-electron chi connectivity index (χ4n) is 2.87. The molecular formula is C19H23FN4O2S. The van der Waals surface area contributed by atoms with Crippen LogP contribution in [-0.2, 0) is 16.1 Å². The van der Waals surface area contributed by atoms with Gasteiger partial charge in [-0.15, -0.1) is 16.8 Å². The highest BCUT2D eigenvalue weighted by atomic mass is 32.2. The topological polar surface area (TPSA) is 69.0 Å². The van der Waals surface area contributed by atoms with Crippen molar-refractivity contribution in [1.82, 2.24) is 20.1 Å². The average Bonchev–Trinajstić information content (AvgIpc) is 3.31. The zero-order valence-electron chi connectivity index (χ0n) is 15.2. The van der Waals surface area contributed by atoms with Crippen molar-refractivity contribution in [3.63, 3.8) is 0 Å². The molecule has 2 atom stereocenters. The molecule has 1 aliphatic heterocycles. The summed E-state index contributed by atoms with van der Waals surface area (Å²) in [7, 11) is 0. The van der Waals surface area contributed by atoms with Crippen molar-refractivity contribution in [3.05, 3.63) is 42.7 Å². The van der Waals surface area contributed by atoms with Crippen molar-refractivity contribution in [3.8, 4) is 11.4 Å². The predicted molar refractivity (Wildman–Crippen MR) is 103 cm³/mol. The smallest absolute Gasteiger partial charge is 0.233 e.